The molecule has 1 aromatic heterocycles. The molecule has 7 heteroatoms. The molecule has 1 aliphatic rings. The highest BCUT2D eigenvalue weighted by Gasteiger charge is 2.28. The molecule has 0 bridgehead atoms. The van der Waals surface area contributed by atoms with Crippen molar-refractivity contribution < 1.29 is 4.92 Å². The summed E-state index contributed by atoms with van der Waals surface area (Å²) >= 11 is 5.77. The summed E-state index contributed by atoms with van der Waals surface area (Å²) in [6.07, 6.45) is 4.42. The number of nitro groups is 1. The van der Waals surface area contributed by atoms with Crippen molar-refractivity contribution in [3.05, 3.63) is 21.6 Å². The monoisotopic (exact) mass is 284 g/mol. The predicted octanol–water partition coefficient (Wildman–Crippen LogP) is 3.27. The van der Waals surface area contributed by atoms with Crippen molar-refractivity contribution in [1.82, 2.24) is 9.97 Å². The van der Waals surface area contributed by atoms with Gasteiger partial charge in [0.2, 0.25) is 11.0 Å². The van der Waals surface area contributed by atoms with Crippen LogP contribution < -0.4 is 5.32 Å². The molecule has 1 saturated carbocycles. The van der Waals surface area contributed by atoms with Gasteiger partial charge in [-0.25, -0.2) is 9.97 Å². The third kappa shape index (κ3) is 3.32. The second-order valence-corrected chi connectivity index (χ2v) is 5.74. The second-order valence-electron chi connectivity index (χ2n) is 5.38. The van der Waals surface area contributed by atoms with Crippen LogP contribution in [0.3, 0.4) is 0 Å². The molecular weight excluding hydrogens is 268 g/mol. The number of hydrogen-bond acceptors (Lipinski definition) is 5. The van der Waals surface area contributed by atoms with Crippen LogP contribution in [0.1, 0.15) is 33.1 Å². The normalized spacial score (nSPS) is 27.0. The van der Waals surface area contributed by atoms with E-state index in [1.54, 1.807) is 0 Å². The first-order valence-corrected chi connectivity index (χ1v) is 6.76. The van der Waals surface area contributed by atoms with E-state index in [0.717, 1.165) is 12.8 Å². The molecule has 1 N–H and O–H groups in total. The molecule has 2 rings (SSSR count). The Bertz CT molecular complexity index is 473. The maximum atomic E-state index is 11.0. The van der Waals surface area contributed by atoms with Crippen LogP contribution >= 0.6 is 11.6 Å². The summed E-state index contributed by atoms with van der Waals surface area (Å²) in [5, 5.41) is 14.0. The van der Waals surface area contributed by atoms with Gasteiger partial charge in [-0.05, 0) is 31.1 Å². The molecule has 0 radical (unpaired) electrons. The lowest BCUT2D eigenvalue weighted by atomic mass is 9.80. The Labute approximate surface area is 116 Å². The first-order chi connectivity index (χ1) is 8.97. The molecular formula is C12H17ClN4O2. The van der Waals surface area contributed by atoms with Crippen LogP contribution in [0, 0.1) is 22.0 Å². The summed E-state index contributed by atoms with van der Waals surface area (Å²) < 4.78 is 0. The number of nitrogens with one attached hydrogen (secondary N) is 1. The summed E-state index contributed by atoms with van der Waals surface area (Å²) in [7, 11) is 0. The van der Waals surface area contributed by atoms with Gasteiger partial charge in [0, 0.05) is 6.04 Å². The van der Waals surface area contributed by atoms with Gasteiger partial charge in [-0.2, -0.15) is 0 Å². The number of anilines is 1. The van der Waals surface area contributed by atoms with E-state index in [1.807, 2.05) is 0 Å². The summed E-state index contributed by atoms with van der Waals surface area (Å²) in [6.45, 7) is 4.40. The molecule has 0 amide bonds. The van der Waals surface area contributed by atoms with Gasteiger partial charge in [-0.15, -0.1) is 0 Å². The largest absolute Gasteiger partial charge is 0.361 e. The van der Waals surface area contributed by atoms with Crippen LogP contribution in [0.15, 0.2) is 6.33 Å². The van der Waals surface area contributed by atoms with E-state index < -0.39 is 4.92 Å². The van der Waals surface area contributed by atoms with E-state index in [9.17, 15) is 10.1 Å². The van der Waals surface area contributed by atoms with Gasteiger partial charge in [-0.3, -0.25) is 10.1 Å². The molecule has 1 heterocycles. The lowest BCUT2D eigenvalue weighted by Gasteiger charge is -2.32. The van der Waals surface area contributed by atoms with Gasteiger partial charge < -0.3 is 5.32 Å². The van der Waals surface area contributed by atoms with Crippen molar-refractivity contribution in [2.45, 2.75) is 39.2 Å². The van der Waals surface area contributed by atoms with Crippen LogP contribution in [-0.4, -0.2) is 20.9 Å². The number of nitrogens with zero attached hydrogens (tertiary/aromatic N) is 3. The fourth-order valence-electron chi connectivity index (χ4n) is 2.88. The molecule has 0 saturated heterocycles. The van der Waals surface area contributed by atoms with E-state index in [2.05, 4.69) is 29.1 Å². The van der Waals surface area contributed by atoms with Crippen molar-refractivity contribution in [3.63, 3.8) is 0 Å². The zero-order valence-corrected chi connectivity index (χ0v) is 11.7. The maximum Gasteiger partial charge on any atom is 0.348 e. The van der Waals surface area contributed by atoms with Crippen molar-refractivity contribution >= 4 is 23.1 Å². The Kier molecular flexibility index (Phi) is 4.19. The third-order valence-corrected chi connectivity index (χ3v) is 3.76. The first kappa shape index (κ1) is 14.0. The van der Waals surface area contributed by atoms with Gasteiger partial charge in [0.25, 0.3) is 0 Å². The second kappa shape index (κ2) is 5.69. The minimum absolute atomic E-state index is 0.126. The highest BCUT2D eigenvalue weighted by atomic mass is 35.5. The Morgan fingerprint density at radius 2 is 1.95 bits per heavy atom. The van der Waals surface area contributed by atoms with Gasteiger partial charge in [-0.1, -0.05) is 25.4 Å². The Balaban J connectivity index is 2.19. The molecule has 19 heavy (non-hydrogen) atoms. The number of rotatable bonds is 3. The highest BCUT2D eigenvalue weighted by Crippen LogP contribution is 2.33. The summed E-state index contributed by atoms with van der Waals surface area (Å²) in [6, 6.07) is 0.198. The highest BCUT2D eigenvalue weighted by molar-refractivity contribution is 6.31. The molecule has 2 unspecified atom stereocenters. The minimum atomic E-state index is -0.541. The van der Waals surface area contributed by atoms with Crippen molar-refractivity contribution in [2.24, 2.45) is 11.8 Å². The SMILES string of the molecule is CC1CC(C)CC(Nc2ncnc(Cl)c2[N+](=O)[O-])C1. The zero-order chi connectivity index (χ0) is 14.0. The Morgan fingerprint density at radius 3 is 2.53 bits per heavy atom. The molecule has 104 valence electrons. The molecule has 2 atom stereocenters. The van der Waals surface area contributed by atoms with E-state index in [1.165, 1.54) is 12.7 Å². The standard InChI is InChI=1S/C12H17ClN4O2/c1-7-3-8(2)5-9(4-7)16-12-10(17(18)19)11(13)14-6-15-12/h6-9H,3-5H2,1-2H3,(H,14,15,16). The number of hydrogen-bond donors (Lipinski definition) is 1. The van der Waals surface area contributed by atoms with Gasteiger partial charge in [0.05, 0.1) is 4.92 Å². The average molecular weight is 285 g/mol. The topological polar surface area (TPSA) is 81.0 Å². The zero-order valence-electron chi connectivity index (χ0n) is 11.0. The first-order valence-electron chi connectivity index (χ1n) is 6.38. The molecule has 6 nitrogen and oxygen atoms in total. The fourth-order valence-corrected chi connectivity index (χ4v) is 3.09. The van der Waals surface area contributed by atoms with Gasteiger partial charge in [0.1, 0.15) is 6.33 Å². The third-order valence-electron chi connectivity index (χ3n) is 3.48. The molecule has 1 aliphatic carbocycles. The summed E-state index contributed by atoms with van der Waals surface area (Å²) in [5.74, 6) is 1.44. The smallest absolute Gasteiger partial charge is 0.348 e. The van der Waals surface area contributed by atoms with Crippen LogP contribution in [0.4, 0.5) is 11.5 Å². The number of halogens is 1. The molecule has 1 aromatic rings. The summed E-state index contributed by atoms with van der Waals surface area (Å²) in [4.78, 5) is 18.1. The molecule has 0 aliphatic heterocycles. The van der Waals surface area contributed by atoms with Crippen molar-refractivity contribution in [2.75, 3.05) is 5.32 Å². The van der Waals surface area contributed by atoms with Gasteiger partial charge in [0.15, 0.2) is 0 Å². The van der Waals surface area contributed by atoms with E-state index in [-0.39, 0.29) is 22.7 Å². The van der Waals surface area contributed by atoms with Crippen LogP contribution in [0.2, 0.25) is 5.15 Å². The van der Waals surface area contributed by atoms with E-state index in [0.29, 0.717) is 11.8 Å². The summed E-state index contributed by atoms with van der Waals surface area (Å²) in [5.41, 5.74) is -0.241. The molecule has 0 aromatic carbocycles. The van der Waals surface area contributed by atoms with E-state index >= 15 is 0 Å². The maximum absolute atomic E-state index is 11.0. The molecule has 0 spiro atoms. The van der Waals surface area contributed by atoms with Crippen LogP contribution in [-0.2, 0) is 0 Å². The fraction of sp³-hybridized carbons (Fsp3) is 0.667. The lowest BCUT2D eigenvalue weighted by molar-refractivity contribution is -0.384. The Morgan fingerprint density at radius 1 is 1.32 bits per heavy atom. The number of aromatic nitrogens is 2. The predicted molar refractivity (Wildman–Crippen MR) is 73.3 cm³/mol. The Hall–Kier alpha value is -1.43. The van der Waals surface area contributed by atoms with Crippen LogP contribution in [0.5, 0.6) is 0 Å². The van der Waals surface area contributed by atoms with E-state index in [4.69, 9.17) is 11.6 Å². The van der Waals surface area contributed by atoms with Crippen molar-refractivity contribution in [1.29, 1.82) is 0 Å². The molecule has 1 fully saturated rings. The lowest BCUT2D eigenvalue weighted by Crippen LogP contribution is -2.30. The minimum Gasteiger partial charge on any atom is -0.361 e. The van der Waals surface area contributed by atoms with Crippen LogP contribution in [0.25, 0.3) is 0 Å². The quantitative estimate of drug-likeness (QED) is 0.523. The van der Waals surface area contributed by atoms with Gasteiger partial charge >= 0.3 is 5.69 Å². The average Bonchev–Trinajstić information content (AvgIpc) is 2.26. The van der Waals surface area contributed by atoms with Crippen molar-refractivity contribution in [3.8, 4) is 0 Å².